The molecule has 1 aromatic heterocycles. The minimum Gasteiger partial charge on any atom is -0.265 e. The highest BCUT2D eigenvalue weighted by atomic mass is 19.1. The zero-order valence-electron chi connectivity index (χ0n) is 14.6. The number of aryl methyl sites for hydroxylation is 1. The first-order chi connectivity index (χ1) is 12.7. The van der Waals surface area contributed by atoms with E-state index < -0.39 is 0 Å². The van der Waals surface area contributed by atoms with E-state index in [0.29, 0.717) is 5.56 Å². The summed E-state index contributed by atoms with van der Waals surface area (Å²) in [6, 6.07) is 9.00. The van der Waals surface area contributed by atoms with Gasteiger partial charge in [0, 0.05) is 29.7 Å². The maximum absolute atomic E-state index is 13.7. The van der Waals surface area contributed by atoms with Gasteiger partial charge in [0.1, 0.15) is 5.82 Å². The molecule has 0 aliphatic carbocycles. The Kier molecular flexibility index (Phi) is 4.44. The predicted molar refractivity (Wildman–Crippen MR) is 102 cm³/mol. The van der Waals surface area contributed by atoms with E-state index in [1.807, 2.05) is 35.5 Å². The summed E-state index contributed by atoms with van der Waals surface area (Å²) in [5.74, 6) is 0.590. The molecule has 0 fully saturated rings. The SMILES string of the molecule is Cc1cc(C2=N/C3=C/CCC/C=N\N3C(c3ccncc3)=C2)ccc1F. The number of rotatable bonds is 2. The van der Waals surface area contributed by atoms with Gasteiger partial charge in [0.25, 0.3) is 0 Å². The average molecular weight is 346 g/mol. The third kappa shape index (κ3) is 3.20. The molecule has 3 heterocycles. The molecular weight excluding hydrogens is 327 g/mol. The van der Waals surface area contributed by atoms with Crippen molar-refractivity contribution in [1.29, 1.82) is 0 Å². The molecule has 0 N–H and O–H groups in total. The number of hydrogen-bond acceptors (Lipinski definition) is 4. The molecule has 0 radical (unpaired) electrons. The summed E-state index contributed by atoms with van der Waals surface area (Å²) < 4.78 is 13.7. The van der Waals surface area contributed by atoms with E-state index in [0.717, 1.165) is 47.6 Å². The van der Waals surface area contributed by atoms with Gasteiger partial charge in [0.15, 0.2) is 5.82 Å². The maximum Gasteiger partial charge on any atom is 0.150 e. The van der Waals surface area contributed by atoms with E-state index in [1.165, 1.54) is 6.07 Å². The van der Waals surface area contributed by atoms with Gasteiger partial charge >= 0.3 is 0 Å². The fourth-order valence-electron chi connectivity index (χ4n) is 3.03. The number of aromatic nitrogens is 1. The molecule has 4 nitrogen and oxygen atoms in total. The zero-order valence-corrected chi connectivity index (χ0v) is 14.6. The van der Waals surface area contributed by atoms with Crippen LogP contribution in [0.4, 0.5) is 4.39 Å². The second-order valence-corrected chi connectivity index (χ2v) is 6.33. The molecule has 2 aliphatic heterocycles. The molecule has 0 amide bonds. The molecule has 0 saturated carbocycles. The van der Waals surface area contributed by atoms with Crippen LogP contribution in [0.2, 0.25) is 0 Å². The Labute approximate surface area is 152 Å². The Morgan fingerprint density at radius 2 is 1.88 bits per heavy atom. The number of halogens is 1. The quantitative estimate of drug-likeness (QED) is 0.792. The molecule has 2 aliphatic rings. The number of aliphatic imine (C=N–C) groups is 1. The van der Waals surface area contributed by atoms with Gasteiger partial charge in [-0.2, -0.15) is 5.10 Å². The van der Waals surface area contributed by atoms with Gasteiger partial charge in [-0.15, -0.1) is 0 Å². The molecule has 2 aromatic rings. The van der Waals surface area contributed by atoms with Crippen LogP contribution in [0.15, 0.2) is 70.8 Å². The van der Waals surface area contributed by atoms with Crippen molar-refractivity contribution >= 4 is 17.6 Å². The Balaban J connectivity index is 1.86. The van der Waals surface area contributed by atoms with E-state index in [1.54, 1.807) is 25.4 Å². The first kappa shape index (κ1) is 16.4. The smallest absolute Gasteiger partial charge is 0.150 e. The molecule has 0 atom stereocenters. The molecule has 0 spiro atoms. The average Bonchev–Trinajstić information content (AvgIpc) is 2.65. The number of pyridine rings is 1. The first-order valence-corrected chi connectivity index (χ1v) is 8.72. The maximum atomic E-state index is 13.7. The largest absolute Gasteiger partial charge is 0.265 e. The molecule has 5 heteroatoms. The van der Waals surface area contributed by atoms with E-state index in [9.17, 15) is 4.39 Å². The summed E-state index contributed by atoms with van der Waals surface area (Å²) in [6.07, 6.45) is 12.5. The van der Waals surface area contributed by atoms with Crippen LogP contribution in [0.5, 0.6) is 0 Å². The Morgan fingerprint density at radius 3 is 2.69 bits per heavy atom. The van der Waals surface area contributed by atoms with Crippen molar-refractivity contribution in [2.75, 3.05) is 0 Å². The van der Waals surface area contributed by atoms with Crippen molar-refractivity contribution in [1.82, 2.24) is 9.99 Å². The molecule has 0 saturated heterocycles. The fraction of sp³-hybridized carbons (Fsp3) is 0.190. The molecule has 0 unspecified atom stereocenters. The molecule has 130 valence electrons. The number of hydrogen-bond donors (Lipinski definition) is 0. The minimum atomic E-state index is -0.208. The second-order valence-electron chi connectivity index (χ2n) is 6.33. The third-order valence-corrected chi connectivity index (χ3v) is 4.44. The van der Waals surface area contributed by atoms with Crippen LogP contribution in [-0.4, -0.2) is 21.9 Å². The first-order valence-electron chi connectivity index (χ1n) is 8.72. The van der Waals surface area contributed by atoms with E-state index in [2.05, 4.69) is 16.2 Å². The van der Waals surface area contributed by atoms with Crippen molar-refractivity contribution in [2.45, 2.75) is 26.2 Å². The van der Waals surface area contributed by atoms with Crippen molar-refractivity contribution < 1.29 is 4.39 Å². The highest BCUT2D eigenvalue weighted by molar-refractivity contribution is 6.13. The molecular formula is C21H19FN4. The standard InChI is InChI=1S/C21H19FN4/c1-15-13-17(6-7-18(15)22)19-14-20(16-8-11-23-12-9-16)26-21(25-19)5-3-2-4-10-24-26/h5-14H,2-4H2,1H3/b21-5-,24-10-. The second kappa shape index (κ2) is 7.04. The van der Waals surface area contributed by atoms with Crippen LogP contribution in [0, 0.1) is 12.7 Å². The topological polar surface area (TPSA) is 40.9 Å². The van der Waals surface area contributed by atoms with Crippen LogP contribution in [0.1, 0.15) is 36.0 Å². The van der Waals surface area contributed by atoms with Gasteiger partial charge in [0.05, 0.1) is 11.4 Å². The molecule has 4 rings (SSSR count). The van der Waals surface area contributed by atoms with Gasteiger partial charge in [-0.3, -0.25) is 4.98 Å². The summed E-state index contributed by atoms with van der Waals surface area (Å²) >= 11 is 0. The summed E-state index contributed by atoms with van der Waals surface area (Å²) in [7, 11) is 0. The van der Waals surface area contributed by atoms with E-state index in [-0.39, 0.29) is 5.82 Å². The lowest BCUT2D eigenvalue weighted by Crippen LogP contribution is -2.22. The summed E-state index contributed by atoms with van der Waals surface area (Å²) in [6.45, 7) is 1.77. The molecule has 26 heavy (non-hydrogen) atoms. The summed E-state index contributed by atoms with van der Waals surface area (Å²) in [5.41, 5.74) is 4.25. The summed E-state index contributed by atoms with van der Waals surface area (Å²) in [4.78, 5) is 8.90. The fourth-order valence-corrected chi connectivity index (χ4v) is 3.03. The predicted octanol–water partition coefficient (Wildman–Crippen LogP) is 4.69. The molecule has 0 bridgehead atoms. The van der Waals surface area contributed by atoms with Gasteiger partial charge in [0.2, 0.25) is 0 Å². The van der Waals surface area contributed by atoms with Gasteiger partial charge in [-0.1, -0.05) is 0 Å². The van der Waals surface area contributed by atoms with Gasteiger partial charge in [-0.25, -0.2) is 14.4 Å². The highest BCUT2D eigenvalue weighted by Crippen LogP contribution is 2.31. The number of nitrogens with zero attached hydrogens (tertiary/aromatic N) is 4. The Morgan fingerprint density at radius 1 is 1.04 bits per heavy atom. The van der Waals surface area contributed by atoms with E-state index >= 15 is 0 Å². The number of allylic oxidation sites excluding steroid dienone is 2. The lowest BCUT2D eigenvalue weighted by molar-refractivity contribution is 0.506. The normalized spacial score (nSPS) is 20.1. The third-order valence-electron chi connectivity index (χ3n) is 4.44. The van der Waals surface area contributed by atoms with Gasteiger partial charge < -0.3 is 0 Å². The van der Waals surface area contributed by atoms with Crippen LogP contribution >= 0.6 is 0 Å². The van der Waals surface area contributed by atoms with Gasteiger partial charge in [-0.05, 0) is 74.2 Å². The lowest BCUT2D eigenvalue weighted by Gasteiger charge is -2.28. The Bertz CT molecular complexity index is 942. The number of fused-ring (bicyclic) bond motifs is 1. The van der Waals surface area contributed by atoms with Crippen molar-refractivity contribution in [3.63, 3.8) is 0 Å². The summed E-state index contributed by atoms with van der Waals surface area (Å²) in [5, 5.41) is 6.48. The monoisotopic (exact) mass is 346 g/mol. The lowest BCUT2D eigenvalue weighted by atomic mass is 10.0. The van der Waals surface area contributed by atoms with Crippen LogP contribution in [0.3, 0.4) is 0 Å². The van der Waals surface area contributed by atoms with Crippen LogP contribution in [-0.2, 0) is 0 Å². The minimum absolute atomic E-state index is 0.208. The van der Waals surface area contributed by atoms with Crippen LogP contribution in [0.25, 0.3) is 5.70 Å². The van der Waals surface area contributed by atoms with E-state index in [4.69, 9.17) is 4.99 Å². The Hall–Kier alpha value is -3.08. The van der Waals surface area contributed by atoms with Crippen LogP contribution < -0.4 is 0 Å². The highest BCUT2D eigenvalue weighted by Gasteiger charge is 2.22. The van der Waals surface area contributed by atoms with Crippen molar-refractivity contribution in [3.05, 3.63) is 83.2 Å². The van der Waals surface area contributed by atoms with Crippen molar-refractivity contribution in [3.8, 4) is 0 Å². The zero-order chi connectivity index (χ0) is 17.9. The van der Waals surface area contributed by atoms with Crippen molar-refractivity contribution in [2.24, 2.45) is 10.1 Å². The molecule has 1 aromatic carbocycles. The number of hydrazone groups is 1. The number of benzene rings is 1.